The Morgan fingerprint density at radius 2 is 1.41 bits per heavy atom. The van der Waals surface area contributed by atoms with Gasteiger partial charge in [0.1, 0.15) is 12.6 Å². The molecule has 0 bridgehead atoms. The number of hydrogen-bond donors (Lipinski definition) is 2. The van der Waals surface area contributed by atoms with Crippen LogP contribution in [0.4, 0.5) is 4.79 Å². The molecule has 0 heterocycles. The summed E-state index contributed by atoms with van der Waals surface area (Å²) in [6.45, 7) is 6.31. The van der Waals surface area contributed by atoms with Crippen LogP contribution in [0.25, 0.3) is 0 Å². The normalized spacial score (nSPS) is 12.5. The fourth-order valence-corrected chi connectivity index (χ4v) is 5.19. The van der Waals surface area contributed by atoms with E-state index in [-0.39, 0.29) is 24.2 Å². The summed E-state index contributed by atoms with van der Waals surface area (Å²) in [7, 11) is 0. The molecule has 0 aliphatic heterocycles. The van der Waals surface area contributed by atoms with E-state index in [0.717, 1.165) is 23.3 Å². The van der Waals surface area contributed by atoms with E-state index in [4.69, 9.17) is 4.74 Å². The van der Waals surface area contributed by atoms with E-state index < -0.39 is 18.2 Å². The minimum Gasteiger partial charge on any atom is -0.445 e. The quantitative estimate of drug-likeness (QED) is 0.188. The molecule has 39 heavy (non-hydrogen) atoms. The highest BCUT2D eigenvalue weighted by atomic mass is 32.2. The number of Topliss-reactive ketones (excluding diaryl/α,β-unsaturated/α-hetero) is 1. The highest BCUT2D eigenvalue weighted by Crippen LogP contribution is 2.13. The average Bonchev–Trinajstić information content (AvgIpc) is 2.93. The topological polar surface area (TPSA) is 84.5 Å². The van der Waals surface area contributed by atoms with Crippen LogP contribution in [-0.4, -0.2) is 41.4 Å². The lowest BCUT2D eigenvalue weighted by Crippen LogP contribution is -2.53. The molecule has 0 radical (unpaired) electrons. The Morgan fingerprint density at radius 3 is 2.05 bits per heavy atom. The predicted octanol–water partition coefficient (Wildman–Crippen LogP) is 6.72. The van der Waals surface area contributed by atoms with Gasteiger partial charge in [-0.25, -0.2) is 4.79 Å². The molecule has 2 rings (SSSR count). The third kappa shape index (κ3) is 14.2. The molecule has 2 aromatic rings. The van der Waals surface area contributed by atoms with Crippen LogP contribution in [0.2, 0.25) is 0 Å². The van der Waals surface area contributed by atoms with E-state index in [1.54, 1.807) is 11.8 Å². The van der Waals surface area contributed by atoms with Crippen LogP contribution in [0.1, 0.15) is 76.8 Å². The minimum absolute atomic E-state index is 0.00172. The van der Waals surface area contributed by atoms with Crippen molar-refractivity contribution >= 4 is 29.5 Å². The van der Waals surface area contributed by atoms with Crippen LogP contribution < -0.4 is 10.6 Å². The maximum atomic E-state index is 13.4. The van der Waals surface area contributed by atoms with Crippen molar-refractivity contribution in [1.82, 2.24) is 10.6 Å². The summed E-state index contributed by atoms with van der Waals surface area (Å²) in [4.78, 5) is 39.1. The molecule has 2 amide bonds. The second-order valence-corrected chi connectivity index (χ2v) is 11.5. The van der Waals surface area contributed by atoms with Crippen molar-refractivity contribution in [1.29, 1.82) is 0 Å². The molecular formula is C32H46N2O4S. The number of nitrogens with one attached hydrogen (secondary N) is 2. The number of carbonyl (C=O) groups excluding carboxylic acids is 3. The van der Waals surface area contributed by atoms with E-state index in [9.17, 15) is 14.4 Å². The first-order valence-electron chi connectivity index (χ1n) is 14.3. The summed E-state index contributed by atoms with van der Waals surface area (Å²) in [5.74, 6) is 1.09. The van der Waals surface area contributed by atoms with Gasteiger partial charge in [-0.1, -0.05) is 114 Å². The van der Waals surface area contributed by atoms with Gasteiger partial charge >= 0.3 is 6.09 Å². The number of thioether (sulfide) groups is 1. The second kappa shape index (κ2) is 19.3. The van der Waals surface area contributed by atoms with Gasteiger partial charge in [0, 0.05) is 0 Å². The van der Waals surface area contributed by atoms with E-state index in [1.807, 2.05) is 74.5 Å². The van der Waals surface area contributed by atoms with Crippen LogP contribution in [0.3, 0.4) is 0 Å². The average molecular weight is 555 g/mol. The van der Waals surface area contributed by atoms with Crippen LogP contribution in [-0.2, 0) is 27.4 Å². The summed E-state index contributed by atoms with van der Waals surface area (Å²) in [6.07, 6.45) is 7.52. The summed E-state index contributed by atoms with van der Waals surface area (Å²) in [5.41, 5.74) is 1.84. The van der Waals surface area contributed by atoms with Gasteiger partial charge < -0.3 is 15.4 Å². The molecule has 0 saturated carbocycles. The molecule has 0 aliphatic rings. The number of amides is 2. The molecule has 7 heteroatoms. The lowest BCUT2D eigenvalue weighted by molar-refractivity contribution is -0.128. The predicted molar refractivity (Wildman–Crippen MR) is 161 cm³/mol. The molecule has 2 aromatic carbocycles. The molecule has 2 atom stereocenters. The lowest BCUT2D eigenvalue weighted by atomic mass is 10.00. The first-order chi connectivity index (χ1) is 18.9. The van der Waals surface area contributed by atoms with Crippen LogP contribution in [0, 0.1) is 5.92 Å². The fraction of sp³-hybridized carbons (Fsp3) is 0.531. The number of rotatable bonds is 19. The molecule has 6 nitrogen and oxygen atoms in total. The van der Waals surface area contributed by atoms with Crippen molar-refractivity contribution in [2.45, 2.75) is 90.8 Å². The Morgan fingerprint density at radius 1 is 0.795 bits per heavy atom. The number of unbranched alkanes of at least 4 members (excludes halogenated alkanes) is 5. The molecule has 0 spiro atoms. The molecule has 0 aromatic heterocycles. The zero-order chi connectivity index (χ0) is 28.3. The zero-order valence-electron chi connectivity index (χ0n) is 23.8. The first kappa shape index (κ1) is 32.4. The van der Waals surface area contributed by atoms with Gasteiger partial charge in [0.2, 0.25) is 5.91 Å². The monoisotopic (exact) mass is 554 g/mol. The largest absolute Gasteiger partial charge is 0.445 e. The number of ether oxygens (including phenoxy) is 1. The van der Waals surface area contributed by atoms with E-state index >= 15 is 0 Å². The molecule has 0 fully saturated rings. The van der Waals surface area contributed by atoms with Crippen molar-refractivity contribution < 1.29 is 19.1 Å². The Labute approximate surface area is 239 Å². The third-order valence-electron chi connectivity index (χ3n) is 6.40. The van der Waals surface area contributed by atoms with Crippen molar-refractivity contribution in [2.75, 3.05) is 11.5 Å². The van der Waals surface area contributed by atoms with Gasteiger partial charge in [-0.15, -0.1) is 0 Å². The van der Waals surface area contributed by atoms with E-state index in [0.29, 0.717) is 18.6 Å². The number of carbonyl (C=O) groups is 3. The SMILES string of the molecule is CCCCCCCCSCC(=O)C(Cc1ccccc1)NC(=O)C(CC(C)C)NC(=O)OCc1ccccc1. The van der Waals surface area contributed by atoms with Crippen LogP contribution >= 0.6 is 11.8 Å². The fourth-order valence-electron chi connectivity index (χ4n) is 4.24. The summed E-state index contributed by atoms with van der Waals surface area (Å²) in [6, 6.07) is 17.6. The number of hydrogen-bond acceptors (Lipinski definition) is 5. The second-order valence-electron chi connectivity index (χ2n) is 10.4. The minimum atomic E-state index is -0.796. The van der Waals surface area contributed by atoms with Gasteiger partial charge in [-0.2, -0.15) is 11.8 Å². The Balaban J connectivity index is 1.96. The Kier molecular flexibility index (Phi) is 16.0. The molecule has 2 N–H and O–H groups in total. The zero-order valence-corrected chi connectivity index (χ0v) is 24.6. The summed E-state index contributed by atoms with van der Waals surface area (Å²) >= 11 is 1.63. The van der Waals surface area contributed by atoms with Gasteiger partial charge in [-0.05, 0) is 42.1 Å². The van der Waals surface area contributed by atoms with Gasteiger partial charge in [-0.3, -0.25) is 9.59 Å². The van der Waals surface area contributed by atoms with Crippen molar-refractivity contribution in [3.8, 4) is 0 Å². The maximum Gasteiger partial charge on any atom is 0.408 e. The molecular weight excluding hydrogens is 508 g/mol. The maximum absolute atomic E-state index is 13.4. The van der Waals surface area contributed by atoms with Crippen molar-refractivity contribution in [2.24, 2.45) is 5.92 Å². The van der Waals surface area contributed by atoms with E-state index in [1.165, 1.54) is 32.1 Å². The molecule has 0 aliphatic carbocycles. The van der Waals surface area contributed by atoms with Gasteiger partial charge in [0.15, 0.2) is 5.78 Å². The highest BCUT2D eigenvalue weighted by molar-refractivity contribution is 7.99. The van der Waals surface area contributed by atoms with Crippen LogP contribution in [0.5, 0.6) is 0 Å². The number of benzene rings is 2. The third-order valence-corrected chi connectivity index (χ3v) is 7.47. The van der Waals surface area contributed by atoms with Crippen molar-refractivity contribution in [3.63, 3.8) is 0 Å². The molecule has 0 saturated heterocycles. The standard InChI is InChI=1S/C32H46N2O4S/c1-4-5-6-7-8-15-20-39-24-30(35)28(22-26-16-11-9-12-17-26)33-31(36)29(21-25(2)3)34-32(37)38-23-27-18-13-10-14-19-27/h9-14,16-19,25,28-29H,4-8,15,20-24H2,1-3H3,(H,33,36)(H,34,37). The van der Waals surface area contributed by atoms with E-state index in [2.05, 4.69) is 17.6 Å². The smallest absolute Gasteiger partial charge is 0.408 e. The lowest BCUT2D eigenvalue weighted by Gasteiger charge is -2.24. The number of ketones is 1. The number of alkyl carbamates (subject to hydrolysis) is 1. The molecule has 214 valence electrons. The van der Waals surface area contributed by atoms with Crippen LogP contribution in [0.15, 0.2) is 60.7 Å². The molecule has 2 unspecified atom stereocenters. The Hall–Kier alpha value is -2.80. The summed E-state index contributed by atoms with van der Waals surface area (Å²) < 4.78 is 5.34. The first-order valence-corrected chi connectivity index (χ1v) is 15.5. The highest BCUT2D eigenvalue weighted by Gasteiger charge is 2.28. The Bertz CT molecular complexity index is 969. The van der Waals surface area contributed by atoms with Crippen molar-refractivity contribution in [3.05, 3.63) is 71.8 Å². The van der Waals surface area contributed by atoms with Gasteiger partial charge in [0.25, 0.3) is 0 Å². The van der Waals surface area contributed by atoms with Gasteiger partial charge in [0.05, 0.1) is 11.8 Å². The summed E-state index contributed by atoms with van der Waals surface area (Å²) in [5, 5.41) is 5.67.